The third kappa shape index (κ3) is 1.86. The highest BCUT2D eigenvalue weighted by Crippen LogP contribution is 2.20. The van der Waals surface area contributed by atoms with E-state index >= 15 is 0 Å². The number of hydrogen-bond acceptors (Lipinski definition) is 3. The number of hydrogen-bond donors (Lipinski definition) is 0. The Labute approximate surface area is 87.1 Å². The van der Waals surface area contributed by atoms with E-state index in [1.807, 2.05) is 0 Å². The lowest BCUT2D eigenvalue weighted by atomic mass is 10.2. The molecule has 0 saturated carbocycles. The minimum absolute atomic E-state index is 0.0575. The van der Waals surface area contributed by atoms with Gasteiger partial charge in [-0.15, -0.1) is 6.42 Å². The van der Waals surface area contributed by atoms with Crippen LogP contribution < -0.4 is 0 Å². The van der Waals surface area contributed by atoms with Crippen LogP contribution in [0.1, 0.15) is 21.7 Å². The third-order valence-corrected chi connectivity index (χ3v) is 2.00. The second kappa shape index (κ2) is 4.12. The molecular formula is C10H8ClNO2. The van der Waals surface area contributed by atoms with Crippen molar-refractivity contribution < 1.29 is 9.53 Å². The zero-order chi connectivity index (χ0) is 10.7. The van der Waals surface area contributed by atoms with Gasteiger partial charge in [0.25, 0.3) is 0 Å². The van der Waals surface area contributed by atoms with Crippen molar-refractivity contribution in [3.8, 4) is 12.3 Å². The van der Waals surface area contributed by atoms with Crippen molar-refractivity contribution in [1.29, 1.82) is 0 Å². The molecule has 0 amide bonds. The van der Waals surface area contributed by atoms with Gasteiger partial charge in [0.1, 0.15) is 0 Å². The van der Waals surface area contributed by atoms with Gasteiger partial charge in [0, 0.05) is 11.3 Å². The quantitative estimate of drug-likeness (QED) is 0.523. The van der Waals surface area contributed by atoms with E-state index in [2.05, 4.69) is 15.6 Å². The lowest BCUT2D eigenvalue weighted by Gasteiger charge is -2.04. The average molecular weight is 210 g/mol. The number of halogens is 1. The first-order valence-electron chi connectivity index (χ1n) is 3.82. The van der Waals surface area contributed by atoms with Crippen LogP contribution in [-0.4, -0.2) is 18.1 Å². The number of esters is 1. The summed E-state index contributed by atoms with van der Waals surface area (Å²) in [4.78, 5) is 15.2. The molecule has 0 saturated heterocycles. The summed E-state index contributed by atoms with van der Waals surface area (Å²) in [6.07, 6.45) is 5.22. The molecule has 1 heterocycles. The Bertz CT molecular complexity index is 421. The maximum atomic E-state index is 11.2. The van der Waals surface area contributed by atoms with E-state index in [1.165, 1.54) is 7.11 Å². The van der Waals surface area contributed by atoms with Crippen LogP contribution in [0.2, 0.25) is 5.02 Å². The van der Waals surface area contributed by atoms with Gasteiger partial charge >= 0.3 is 5.97 Å². The summed E-state index contributed by atoms with van der Waals surface area (Å²) in [6, 6.07) is 1.63. The molecule has 0 aliphatic heterocycles. The van der Waals surface area contributed by atoms with Gasteiger partial charge in [0.05, 0.1) is 12.1 Å². The van der Waals surface area contributed by atoms with Crippen molar-refractivity contribution in [2.45, 2.75) is 6.92 Å². The molecule has 1 aromatic rings. The molecule has 1 rings (SSSR count). The summed E-state index contributed by atoms with van der Waals surface area (Å²) < 4.78 is 4.52. The van der Waals surface area contributed by atoms with Crippen LogP contribution in [0.4, 0.5) is 0 Å². The first kappa shape index (κ1) is 10.6. The third-order valence-electron chi connectivity index (χ3n) is 1.62. The minimum atomic E-state index is -0.588. The Morgan fingerprint density at radius 2 is 2.36 bits per heavy atom. The first-order chi connectivity index (χ1) is 6.60. The smallest absolute Gasteiger partial charge is 0.358 e. The number of ether oxygens (including phenoxy) is 1. The predicted octanol–water partition coefficient (Wildman–Crippen LogP) is 1.81. The number of pyridine rings is 1. The van der Waals surface area contributed by atoms with E-state index in [0.29, 0.717) is 11.3 Å². The van der Waals surface area contributed by atoms with E-state index in [0.717, 1.165) is 0 Å². The number of carbonyl (C=O) groups is 1. The lowest BCUT2D eigenvalue weighted by Crippen LogP contribution is -2.07. The van der Waals surface area contributed by atoms with E-state index < -0.39 is 5.97 Å². The molecule has 14 heavy (non-hydrogen) atoms. The number of nitrogens with zero attached hydrogens (tertiary/aromatic N) is 1. The first-order valence-corrected chi connectivity index (χ1v) is 4.20. The second-order valence-electron chi connectivity index (χ2n) is 2.61. The molecule has 0 radical (unpaired) electrons. The summed E-state index contributed by atoms with van der Waals surface area (Å²) in [5.74, 6) is 1.79. The Morgan fingerprint density at radius 3 is 2.86 bits per heavy atom. The summed E-state index contributed by atoms with van der Waals surface area (Å²) in [5, 5.41) is 0.157. The molecular weight excluding hydrogens is 202 g/mol. The number of carbonyl (C=O) groups excluding carboxylic acids is 1. The number of terminal acetylenes is 1. The normalized spacial score (nSPS) is 9.29. The fraction of sp³-hybridized carbons (Fsp3) is 0.200. The van der Waals surface area contributed by atoms with Crippen LogP contribution in [0.15, 0.2) is 6.07 Å². The van der Waals surface area contributed by atoms with Crippen molar-refractivity contribution in [2.75, 3.05) is 7.11 Å². The zero-order valence-electron chi connectivity index (χ0n) is 7.80. The van der Waals surface area contributed by atoms with Crippen LogP contribution >= 0.6 is 11.6 Å². The van der Waals surface area contributed by atoms with Gasteiger partial charge < -0.3 is 4.74 Å². The lowest BCUT2D eigenvalue weighted by molar-refractivity contribution is 0.0594. The molecule has 0 aliphatic carbocycles. The average Bonchev–Trinajstić information content (AvgIpc) is 2.19. The number of rotatable bonds is 1. The van der Waals surface area contributed by atoms with Crippen LogP contribution in [-0.2, 0) is 4.74 Å². The molecule has 0 unspecified atom stereocenters. The molecule has 0 spiro atoms. The van der Waals surface area contributed by atoms with E-state index in [9.17, 15) is 4.79 Å². The van der Waals surface area contributed by atoms with Gasteiger partial charge in [0.15, 0.2) is 5.69 Å². The highest BCUT2D eigenvalue weighted by atomic mass is 35.5. The van der Waals surface area contributed by atoms with Crippen molar-refractivity contribution in [3.63, 3.8) is 0 Å². The van der Waals surface area contributed by atoms with E-state index in [1.54, 1.807) is 13.0 Å². The number of aryl methyl sites for hydroxylation is 1. The molecule has 0 aliphatic rings. The van der Waals surface area contributed by atoms with Gasteiger partial charge in [-0.25, -0.2) is 9.78 Å². The predicted molar refractivity (Wildman–Crippen MR) is 53.3 cm³/mol. The molecule has 3 nitrogen and oxygen atoms in total. The van der Waals surface area contributed by atoms with Crippen molar-refractivity contribution in [1.82, 2.24) is 4.98 Å². The van der Waals surface area contributed by atoms with E-state index in [4.69, 9.17) is 18.0 Å². The maximum absolute atomic E-state index is 11.2. The molecule has 0 fully saturated rings. The molecule has 0 bridgehead atoms. The second-order valence-corrected chi connectivity index (χ2v) is 2.99. The highest BCUT2D eigenvalue weighted by Gasteiger charge is 2.15. The molecule has 0 N–H and O–H groups in total. The standard InChI is InChI=1S/C10H8ClNO2/c1-4-7-5-6(2)12-9(8(7)11)10(13)14-3/h1,5H,2-3H3. The molecule has 4 heteroatoms. The number of methoxy groups -OCH3 is 1. The molecule has 72 valence electrons. The fourth-order valence-corrected chi connectivity index (χ4v) is 1.22. The largest absolute Gasteiger partial charge is 0.464 e. The van der Waals surface area contributed by atoms with Gasteiger partial charge in [-0.3, -0.25) is 0 Å². The summed E-state index contributed by atoms with van der Waals surface area (Å²) >= 11 is 5.85. The molecule has 1 aromatic heterocycles. The minimum Gasteiger partial charge on any atom is -0.464 e. The highest BCUT2D eigenvalue weighted by molar-refractivity contribution is 6.34. The Kier molecular flexibility index (Phi) is 3.10. The van der Waals surface area contributed by atoms with Crippen LogP contribution in [0.3, 0.4) is 0 Å². The zero-order valence-corrected chi connectivity index (χ0v) is 8.55. The molecule has 0 atom stereocenters. The molecule has 0 aromatic carbocycles. The summed E-state index contributed by atoms with van der Waals surface area (Å²) in [6.45, 7) is 1.73. The van der Waals surface area contributed by atoms with Crippen LogP contribution in [0, 0.1) is 19.3 Å². The van der Waals surface area contributed by atoms with Crippen LogP contribution in [0.5, 0.6) is 0 Å². The van der Waals surface area contributed by atoms with Crippen molar-refractivity contribution >= 4 is 17.6 Å². The van der Waals surface area contributed by atoms with Gasteiger partial charge in [-0.05, 0) is 13.0 Å². The van der Waals surface area contributed by atoms with E-state index in [-0.39, 0.29) is 10.7 Å². The fourth-order valence-electron chi connectivity index (χ4n) is 0.994. The number of aromatic nitrogens is 1. The SMILES string of the molecule is C#Cc1cc(C)nc(C(=O)OC)c1Cl. The summed E-state index contributed by atoms with van der Waals surface area (Å²) in [5.41, 5.74) is 1.13. The van der Waals surface area contributed by atoms with Gasteiger partial charge in [-0.2, -0.15) is 0 Å². The van der Waals surface area contributed by atoms with Crippen molar-refractivity contribution in [3.05, 3.63) is 28.0 Å². The monoisotopic (exact) mass is 209 g/mol. The Balaban J connectivity index is 3.38. The van der Waals surface area contributed by atoms with Gasteiger partial charge in [0.2, 0.25) is 0 Å². The topological polar surface area (TPSA) is 39.2 Å². The van der Waals surface area contributed by atoms with Crippen molar-refractivity contribution in [2.24, 2.45) is 0 Å². The van der Waals surface area contributed by atoms with Crippen LogP contribution in [0.25, 0.3) is 0 Å². The Hall–Kier alpha value is -1.53. The Morgan fingerprint density at radius 1 is 1.71 bits per heavy atom. The maximum Gasteiger partial charge on any atom is 0.358 e. The summed E-state index contributed by atoms with van der Waals surface area (Å²) in [7, 11) is 1.26. The van der Waals surface area contributed by atoms with Gasteiger partial charge in [-0.1, -0.05) is 17.5 Å².